The zero-order valence-electron chi connectivity index (χ0n) is 12.4. The van der Waals surface area contributed by atoms with E-state index in [9.17, 15) is 9.59 Å². The minimum Gasteiger partial charge on any atom is -0.478 e. The maximum atomic E-state index is 12.0. The van der Waals surface area contributed by atoms with Crippen molar-refractivity contribution in [2.24, 2.45) is 0 Å². The Kier molecular flexibility index (Phi) is 4.10. The molecule has 116 valence electrons. The van der Waals surface area contributed by atoms with E-state index >= 15 is 0 Å². The molecule has 5 nitrogen and oxygen atoms in total. The average molecular weight is 308 g/mol. The Morgan fingerprint density at radius 1 is 1.04 bits per heavy atom. The lowest BCUT2D eigenvalue weighted by atomic mass is 10.1. The Morgan fingerprint density at radius 2 is 1.83 bits per heavy atom. The minimum absolute atomic E-state index is 0.0674. The molecule has 1 aromatic heterocycles. The second-order valence-electron chi connectivity index (χ2n) is 5.33. The van der Waals surface area contributed by atoms with Crippen LogP contribution in [0.4, 0.5) is 5.69 Å². The molecule has 0 radical (unpaired) electrons. The number of hydrogen-bond donors (Lipinski definition) is 3. The number of anilines is 1. The molecule has 0 aliphatic carbocycles. The first-order valence-corrected chi connectivity index (χ1v) is 7.31. The van der Waals surface area contributed by atoms with Crippen molar-refractivity contribution in [3.8, 4) is 0 Å². The first-order valence-electron chi connectivity index (χ1n) is 7.31. The molecule has 23 heavy (non-hydrogen) atoms. The van der Waals surface area contributed by atoms with Crippen molar-refractivity contribution >= 4 is 28.5 Å². The predicted octanol–water partition coefficient (Wildman–Crippen LogP) is 3.44. The summed E-state index contributed by atoms with van der Waals surface area (Å²) < 4.78 is 0. The van der Waals surface area contributed by atoms with E-state index in [0.29, 0.717) is 12.8 Å². The van der Waals surface area contributed by atoms with Crippen molar-refractivity contribution in [1.82, 2.24) is 4.98 Å². The van der Waals surface area contributed by atoms with Gasteiger partial charge in [-0.25, -0.2) is 4.79 Å². The van der Waals surface area contributed by atoms with Crippen LogP contribution in [0.2, 0.25) is 0 Å². The number of H-pyrrole nitrogens is 1. The number of aromatic carboxylic acids is 1. The van der Waals surface area contributed by atoms with E-state index in [1.54, 1.807) is 24.3 Å². The fourth-order valence-electron chi connectivity index (χ4n) is 2.43. The Bertz CT molecular complexity index is 850. The van der Waals surface area contributed by atoms with Crippen molar-refractivity contribution < 1.29 is 14.7 Å². The van der Waals surface area contributed by atoms with Gasteiger partial charge in [-0.1, -0.05) is 12.1 Å². The maximum Gasteiger partial charge on any atom is 0.335 e. The molecule has 0 unspecified atom stereocenters. The number of aromatic amines is 1. The van der Waals surface area contributed by atoms with Gasteiger partial charge in [0.1, 0.15) is 0 Å². The molecule has 0 atom stereocenters. The molecule has 0 spiro atoms. The van der Waals surface area contributed by atoms with E-state index in [1.165, 1.54) is 0 Å². The third-order valence-electron chi connectivity index (χ3n) is 3.68. The molecule has 0 aliphatic rings. The quantitative estimate of drug-likeness (QED) is 0.675. The second kappa shape index (κ2) is 6.36. The van der Waals surface area contributed by atoms with Gasteiger partial charge in [-0.2, -0.15) is 0 Å². The molecule has 2 aromatic carbocycles. The summed E-state index contributed by atoms with van der Waals surface area (Å²) in [6.45, 7) is 0. The number of aryl methyl sites for hydroxylation is 1. The topological polar surface area (TPSA) is 82.2 Å². The largest absolute Gasteiger partial charge is 0.478 e. The summed E-state index contributed by atoms with van der Waals surface area (Å²) >= 11 is 0. The lowest BCUT2D eigenvalue weighted by Gasteiger charge is -2.06. The summed E-state index contributed by atoms with van der Waals surface area (Å²) in [6, 6.07) is 14.2. The van der Waals surface area contributed by atoms with Gasteiger partial charge in [-0.3, -0.25) is 4.79 Å². The van der Waals surface area contributed by atoms with E-state index in [1.807, 2.05) is 30.5 Å². The number of benzene rings is 2. The number of aromatic nitrogens is 1. The summed E-state index contributed by atoms with van der Waals surface area (Å²) in [4.78, 5) is 25.9. The van der Waals surface area contributed by atoms with E-state index < -0.39 is 5.97 Å². The average Bonchev–Trinajstić information content (AvgIpc) is 3.01. The van der Waals surface area contributed by atoms with Crippen molar-refractivity contribution in [2.45, 2.75) is 12.8 Å². The highest BCUT2D eigenvalue weighted by atomic mass is 16.4. The Balaban J connectivity index is 1.57. The molecular formula is C18H16N2O3. The van der Waals surface area contributed by atoms with Crippen LogP contribution in [0.5, 0.6) is 0 Å². The Morgan fingerprint density at radius 3 is 2.57 bits per heavy atom. The second-order valence-corrected chi connectivity index (χ2v) is 5.33. The zero-order valence-corrected chi connectivity index (χ0v) is 12.4. The normalized spacial score (nSPS) is 10.6. The predicted molar refractivity (Wildman–Crippen MR) is 88.7 cm³/mol. The summed E-state index contributed by atoms with van der Waals surface area (Å²) in [5, 5.41) is 12.8. The molecule has 1 heterocycles. The van der Waals surface area contributed by atoms with Gasteiger partial charge >= 0.3 is 5.97 Å². The fraction of sp³-hybridized carbons (Fsp3) is 0.111. The highest BCUT2D eigenvalue weighted by Gasteiger charge is 2.06. The van der Waals surface area contributed by atoms with Crippen LogP contribution in [0, 0.1) is 0 Å². The number of carbonyl (C=O) groups is 2. The molecular weight excluding hydrogens is 292 g/mol. The van der Waals surface area contributed by atoms with Crippen molar-refractivity contribution in [2.75, 3.05) is 5.32 Å². The van der Waals surface area contributed by atoms with Gasteiger partial charge in [0.2, 0.25) is 5.91 Å². The summed E-state index contributed by atoms with van der Waals surface area (Å²) in [5.74, 6) is -1.02. The molecule has 3 aromatic rings. The highest BCUT2D eigenvalue weighted by molar-refractivity contribution is 5.93. The molecule has 0 fully saturated rings. The van der Waals surface area contributed by atoms with E-state index in [0.717, 1.165) is 22.2 Å². The van der Waals surface area contributed by atoms with Gasteiger partial charge in [0.15, 0.2) is 0 Å². The number of carboxylic acid groups (broad SMARTS) is 1. The van der Waals surface area contributed by atoms with Crippen molar-refractivity contribution in [3.05, 3.63) is 65.9 Å². The fourth-order valence-corrected chi connectivity index (χ4v) is 2.43. The number of fused-ring (bicyclic) bond motifs is 1. The Hall–Kier alpha value is -3.08. The molecule has 5 heteroatoms. The molecule has 3 rings (SSSR count). The molecule has 0 saturated carbocycles. The van der Waals surface area contributed by atoms with Gasteiger partial charge in [0.25, 0.3) is 0 Å². The van der Waals surface area contributed by atoms with Crippen LogP contribution in [-0.4, -0.2) is 22.0 Å². The highest BCUT2D eigenvalue weighted by Crippen LogP contribution is 2.18. The molecule has 3 N–H and O–H groups in total. The molecule has 0 aliphatic heterocycles. The number of amides is 1. The molecule has 0 bridgehead atoms. The van der Waals surface area contributed by atoms with Crippen molar-refractivity contribution in [3.63, 3.8) is 0 Å². The van der Waals surface area contributed by atoms with Crippen LogP contribution in [-0.2, 0) is 11.2 Å². The first kappa shape index (κ1) is 14.8. The number of carboxylic acids is 1. The van der Waals surface area contributed by atoms with Gasteiger partial charge in [0, 0.05) is 29.2 Å². The zero-order chi connectivity index (χ0) is 16.2. The summed E-state index contributed by atoms with van der Waals surface area (Å²) in [7, 11) is 0. The van der Waals surface area contributed by atoms with Crippen LogP contribution >= 0.6 is 0 Å². The van der Waals surface area contributed by atoms with E-state index in [4.69, 9.17) is 5.11 Å². The number of hydrogen-bond acceptors (Lipinski definition) is 2. The third kappa shape index (κ3) is 3.58. The van der Waals surface area contributed by atoms with Crippen LogP contribution < -0.4 is 5.32 Å². The number of nitrogens with one attached hydrogen (secondary N) is 2. The van der Waals surface area contributed by atoms with Crippen molar-refractivity contribution in [1.29, 1.82) is 0 Å². The van der Waals surface area contributed by atoms with Crippen LogP contribution in [0.15, 0.2) is 54.7 Å². The molecule has 0 saturated heterocycles. The van der Waals surface area contributed by atoms with Crippen LogP contribution in [0.1, 0.15) is 22.3 Å². The summed E-state index contributed by atoms with van der Waals surface area (Å²) in [6.07, 6.45) is 2.77. The van der Waals surface area contributed by atoms with E-state index in [-0.39, 0.29) is 11.5 Å². The lowest BCUT2D eigenvalue weighted by molar-refractivity contribution is -0.116. The third-order valence-corrected chi connectivity index (χ3v) is 3.68. The van der Waals surface area contributed by atoms with Gasteiger partial charge < -0.3 is 15.4 Å². The van der Waals surface area contributed by atoms with Gasteiger partial charge in [0.05, 0.1) is 5.56 Å². The number of carbonyl (C=O) groups excluding carboxylic acids is 1. The van der Waals surface area contributed by atoms with E-state index in [2.05, 4.69) is 10.3 Å². The van der Waals surface area contributed by atoms with Gasteiger partial charge in [-0.15, -0.1) is 0 Å². The van der Waals surface area contributed by atoms with Gasteiger partial charge in [-0.05, 0) is 48.4 Å². The minimum atomic E-state index is -0.950. The summed E-state index contributed by atoms with van der Waals surface area (Å²) in [5.41, 5.74) is 2.98. The first-order chi connectivity index (χ1) is 11.1. The van der Waals surface area contributed by atoms with Crippen LogP contribution in [0.3, 0.4) is 0 Å². The SMILES string of the molecule is O=C(CCc1ccc(C(=O)O)cc1)Nc1ccc2[nH]ccc2c1. The Labute approximate surface area is 133 Å². The maximum absolute atomic E-state index is 12.0. The standard InChI is InChI=1S/C18H16N2O3/c21-17(8-3-12-1-4-13(5-2-12)18(22)23)20-15-6-7-16-14(11-15)9-10-19-16/h1-2,4-7,9-11,19H,3,8H2,(H,20,21)(H,22,23). The molecule has 1 amide bonds. The lowest BCUT2D eigenvalue weighted by Crippen LogP contribution is -2.12. The monoisotopic (exact) mass is 308 g/mol. The van der Waals surface area contributed by atoms with Crippen LogP contribution in [0.25, 0.3) is 10.9 Å². The number of rotatable bonds is 5. The smallest absolute Gasteiger partial charge is 0.335 e.